The van der Waals surface area contributed by atoms with E-state index in [9.17, 15) is 4.79 Å². The lowest BCUT2D eigenvalue weighted by molar-refractivity contribution is -0.118. The molecule has 0 radical (unpaired) electrons. The van der Waals surface area contributed by atoms with Gasteiger partial charge in [0.25, 0.3) is 0 Å². The molecule has 1 fully saturated rings. The van der Waals surface area contributed by atoms with Gasteiger partial charge in [-0.25, -0.2) is 0 Å². The average Bonchev–Trinajstić information content (AvgIpc) is 3.39. The Bertz CT molecular complexity index is 1000. The highest BCUT2D eigenvalue weighted by Crippen LogP contribution is 2.44. The molecule has 0 saturated heterocycles. The number of benzene rings is 2. The fourth-order valence-corrected chi connectivity index (χ4v) is 4.09. The van der Waals surface area contributed by atoms with Crippen molar-refractivity contribution < 1.29 is 4.79 Å². The zero-order valence-corrected chi connectivity index (χ0v) is 16.0. The first-order chi connectivity index (χ1) is 12.4. The van der Waals surface area contributed by atoms with Crippen molar-refractivity contribution in [2.75, 3.05) is 5.73 Å². The Balaban J connectivity index is 1.88. The number of ketones is 1. The van der Waals surface area contributed by atoms with Gasteiger partial charge < -0.3 is 5.73 Å². The van der Waals surface area contributed by atoms with E-state index in [1.54, 1.807) is 6.92 Å². The van der Waals surface area contributed by atoms with E-state index in [0.717, 1.165) is 11.1 Å². The summed E-state index contributed by atoms with van der Waals surface area (Å²) in [6.45, 7) is 5.38. The molecule has 0 unspecified atom stereocenters. The number of Topliss-reactive ketones (excluding diaryl/α,β-unsaturated/α-hetero) is 1. The van der Waals surface area contributed by atoms with Crippen LogP contribution in [-0.4, -0.2) is 25.3 Å². The molecule has 0 spiro atoms. The molecular weight excluding hydrogens is 344 g/mol. The Kier molecular flexibility index (Phi) is 4.03. The van der Waals surface area contributed by atoms with Gasteiger partial charge in [0.05, 0.1) is 10.4 Å². The number of fused-ring (bicyclic) bond motifs is 1. The van der Waals surface area contributed by atoms with E-state index in [1.807, 2.05) is 24.5 Å². The topological polar surface area (TPSA) is 73.8 Å². The molecule has 5 nitrogen and oxygen atoms in total. The standard InChI is InChI=1S/C20H22N4OS/c1-12(25)20(2,3)26-19-23-22-18(21)24(19)17-11-10-14(13-8-9-13)15-6-4-5-7-16(15)17/h4-7,10-11,13H,8-9H2,1-3H3,(H2,21,22). The van der Waals surface area contributed by atoms with Crippen molar-refractivity contribution in [3.63, 3.8) is 0 Å². The maximum absolute atomic E-state index is 12.0. The summed E-state index contributed by atoms with van der Waals surface area (Å²) in [4.78, 5) is 12.0. The molecular formula is C20H22N4OS. The summed E-state index contributed by atoms with van der Waals surface area (Å²) in [7, 11) is 0. The molecule has 134 valence electrons. The summed E-state index contributed by atoms with van der Waals surface area (Å²) < 4.78 is 1.26. The number of rotatable bonds is 5. The lowest BCUT2D eigenvalue weighted by Crippen LogP contribution is -2.25. The van der Waals surface area contributed by atoms with E-state index in [0.29, 0.717) is 17.0 Å². The van der Waals surface area contributed by atoms with E-state index in [4.69, 9.17) is 5.73 Å². The molecule has 1 aromatic heterocycles. The molecule has 1 aliphatic carbocycles. The van der Waals surface area contributed by atoms with Crippen LogP contribution in [0.2, 0.25) is 0 Å². The van der Waals surface area contributed by atoms with E-state index in [1.165, 1.54) is 35.6 Å². The molecule has 1 aliphatic rings. The maximum Gasteiger partial charge on any atom is 0.227 e. The molecule has 2 aromatic carbocycles. The smallest absolute Gasteiger partial charge is 0.227 e. The Morgan fingerprint density at radius 1 is 1.15 bits per heavy atom. The predicted octanol–water partition coefficient (Wildman–Crippen LogP) is 4.34. The number of carbonyl (C=O) groups excluding carboxylic acids is 1. The number of carbonyl (C=O) groups is 1. The van der Waals surface area contributed by atoms with Crippen LogP contribution in [-0.2, 0) is 4.79 Å². The van der Waals surface area contributed by atoms with Crippen LogP contribution in [0.25, 0.3) is 16.5 Å². The predicted molar refractivity (Wildman–Crippen MR) is 106 cm³/mol. The largest absolute Gasteiger partial charge is 0.368 e. The number of hydrogen-bond acceptors (Lipinski definition) is 5. The summed E-state index contributed by atoms with van der Waals surface area (Å²) in [6, 6.07) is 12.7. The SMILES string of the molecule is CC(=O)C(C)(C)Sc1nnc(N)n1-c1ccc(C2CC2)c2ccccc12. The molecule has 26 heavy (non-hydrogen) atoms. The van der Waals surface area contributed by atoms with Gasteiger partial charge in [0.2, 0.25) is 5.95 Å². The average molecular weight is 366 g/mol. The molecule has 0 amide bonds. The number of aromatic nitrogens is 3. The fraction of sp³-hybridized carbons (Fsp3) is 0.350. The Morgan fingerprint density at radius 2 is 1.85 bits per heavy atom. The van der Waals surface area contributed by atoms with Crippen LogP contribution in [0, 0.1) is 0 Å². The van der Waals surface area contributed by atoms with Crippen LogP contribution < -0.4 is 5.73 Å². The van der Waals surface area contributed by atoms with Gasteiger partial charge in [-0.15, -0.1) is 10.2 Å². The van der Waals surface area contributed by atoms with Gasteiger partial charge in [-0.2, -0.15) is 0 Å². The molecule has 4 rings (SSSR count). The van der Waals surface area contributed by atoms with E-state index in [-0.39, 0.29) is 5.78 Å². The van der Waals surface area contributed by atoms with Gasteiger partial charge in [0.15, 0.2) is 5.16 Å². The minimum absolute atomic E-state index is 0.0876. The highest BCUT2D eigenvalue weighted by atomic mass is 32.2. The minimum atomic E-state index is -0.596. The minimum Gasteiger partial charge on any atom is -0.368 e. The summed E-state index contributed by atoms with van der Waals surface area (Å²) in [5, 5.41) is 11.3. The number of hydrogen-bond donors (Lipinski definition) is 1. The third-order valence-corrected chi connectivity index (χ3v) is 6.29. The van der Waals surface area contributed by atoms with Gasteiger partial charge in [0.1, 0.15) is 5.78 Å². The van der Waals surface area contributed by atoms with Crippen molar-refractivity contribution in [2.45, 2.75) is 49.4 Å². The second kappa shape index (κ2) is 6.13. The Hall–Kier alpha value is -2.34. The van der Waals surface area contributed by atoms with Crippen molar-refractivity contribution in [1.29, 1.82) is 0 Å². The normalized spacial score (nSPS) is 14.7. The number of thioether (sulfide) groups is 1. The fourth-order valence-electron chi connectivity index (χ4n) is 3.13. The van der Waals surface area contributed by atoms with Gasteiger partial charge >= 0.3 is 0 Å². The van der Waals surface area contributed by atoms with E-state index < -0.39 is 4.75 Å². The van der Waals surface area contributed by atoms with Gasteiger partial charge in [-0.05, 0) is 56.5 Å². The van der Waals surface area contributed by atoms with Crippen LogP contribution in [0.5, 0.6) is 0 Å². The van der Waals surface area contributed by atoms with Crippen LogP contribution in [0.3, 0.4) is 0 Å². The monoisotopic (exact) mass is 366 g/mol. The molecule has 1 saturated carbocycles. The first-order valence-corrected chi connectivity index (χ1v) is 9.63. The summed E-state index contributed by atoms with van der Waals surface area (Å²) in [5.41, 5.74) is 8.51. The zero-order chi connectivity index (χ0) is 18.5. The highest BCUT2D eigenvalue weighted by molar-refractivity contribution is 8.01. The number of nitrogens with zero attached hydrogens (tertiary/aromatic N) is 3. The van der Waals surface area contributed by atoms with Gasteiger partial charge in [0, 0.05) is 5.39 Å². The van der Waals surface area contributed by atoms with Crippen molar-refractivity contribution in [3.05, 3.63) is 42.0 Å². The quantitative estimate of drug-likeness (QED) is 0.680. The molecule has 3 aromatic rings. The third kappa shape index (κ3) is 2.88. The van der Waals surface area contributed by atoms with Crippen molar-refractivity contribution >= 4 is 34.3 Å². The van der Waals surface area contributed by atoms with Crippen LogP contribution >= 0.6 is 11.8 Å². The Labute approximate surface area is 157 Å². The molecule has 2 N–H and O–H groups in total. The third-order valence-electron chi connectivity index (χ3n) is 5.05. The number of anilines is 1. The maximum atomic E-state index is 12.0. The molecule has 0 atom stereocenters. The van der Waals surface area contributed by atoms with Crippen molar-refractivity contribution in [3.8, 4) is 5.69 Å². The van der Waals surface area contributed by atoms with Crippen molar-refractivity contribution in [1.82, 2.24) is 14.8 Å². The summed E-state index contributed by atoms with van der Waals surface area (Å²) in [6.07, 6.45) is 2.51. The summed E-state index contributed by atoms with van der Waals surface area (Å²) in [5.74, 6) is 1.08. The second-order valence-electron chi connectivity index (χ2n) is 7.34. The second-order valence-corrected chi connectivity index (χ2v) is 8.93. The van der Waals surface area contributed by atoms with Crippen LogP contribution in [0.1, 0.15) is 45.1 Å². The first-order valence-electron chi connectivity index (χ1n) is 8.81. The van der Waals surface area contributed by atoms with Crippen LogP contribution in [0.15, 0.2) is 41.6 Å². The Morgan fingerprint density at radius 3 is 2.50 bits per heavy atom. The molecule has 0 aliphatic heterocycles. The molecule has 0 bridgehead atoms. The lowest BCUT2D eigenvalue weighted by atomic mass is 9.99. The van der Waals surface area contributed by atoms with Crippen molar-refractivity contribution in [2.24, 2.45) is 0 Å². The number of nitrogens with two attached hydrogens (primary N) is 1. The molecule has 6 heteroatoms. The zero-order valence-electron chi connectivity index (χ0n) is 15.2. The first kappa shape index (κ1) is 17.1. The summed E-state index contributed by atoms with van der Waals surface area (Å²) >= 11 is 1.39. The molecule has 1 heterocycles. The number of nitrogen functional groups attached to an aromatic ring is 1. The van der Waals surface area contributed by atoms with Gasteiger partial charge in [-0.3, -0.25) is 9.36 Å². The lowest BCUT2D eigenvalue weighted by Gasteiger charge is -2.20. The van der Waals surface area contributed by atoms with Gasteiger partial charge in [-0.1, -0.05) is 42.1 Å². The van der Waals surface area contributed by atoms with Crippen LogP contribution in [0.4, 0.5) is 5.95 Å². The van der Waals surface area contributed by atoms with E-state index >= 15 is 0 Å². The highest BCUT2D eigenvalue weighted by Gasteiger charge is 2.30. The van der Waals surface area contributed by atoms with E-state index in [2.05, 4.69) is 40.5 Å².